The molecule has 4 nitrogen and oxygen atoms in total. The molecule has 2 aromatic carbocycles. The SMILES string of the molecule is C=NC[C@@H]1C[C@H](N=C)CC([I-]c2ccc(N)c(Cc3ccc(CC4CC5C[C@@H]5C4)cc3)c2)N1. The average Bonchev–Trinajstić information content (AvgIpc) is 3.43. The number of anilines is 1. The Kier molecular flexibility index (Phi) is 7.16. The first-order valence-electron chi connectivity index (χ1n) is 12.3. The zero-order valence-corrected chi connectivity index (χ0v) is 21.6. The van der Waals surface area contributed by atoms with E-state index in [4.69, 9.17) is 5.73 Å². The van der Waals surface area contributed by atoms with Gasteiger partial charge in [-0.3, -0.25) is 0 Å². The summed E-state index contributed by atoms with van der Waals surface area (Å²) in [4.78, 5) is 8.45. The van der Waals surface area contributed by atoms with Crippen LogP contribution in [0.25, 0.3) is 0 Å². The molecule has 0 radical (unpaired) electrons. The maximum absolute atomic E-state index is 6.39. The molecule has 0 spiro atoms. The van der Waals surface area contributed by atoms with Crippen LogP contribution in [0, 0.1) is 21.3 Å². The molecule has 2 aromatic rings. The Morgan fingerprint density at radius 3 is 2.42 bits per heavy atom. The number of hydrogen-bond acceptors (Lipinski definition) is 4. The van der Waals surface area contributed by atoms with Crippen LogP contribution in [0.5, 0.6) is 0 Å². The van der Waals surface area contributed by atoms with Crippen molar-refractivity contribution >= 4 is 19.1 Å². The Labute approximate surface area is 208 Å². The third-order valence-corrected chi connectivity index (χ3v) is 10.7. The zero-order valence-electron chi connectivity index (χ0n) is 19.4. The molecule has 0 amide bonds. The average molecular weight is 556 g/mol. The monoisotopic (exact) mass is 555 g/mol. The Hall–Kier alpha value is -1.73. The third kappa shape index (κ3) is 5.86. The van der Waals surface area contributed by atoms with Crippen molar-refractivity contribution in [3.8, 4) is 0 Å². The van der Waals surface area contributed by atoms with Crippen molar-refractivity contribution in [2.45, 2.75) is 61.1 Å². The van der Waals surface area contributed by atoms with Crippen molar-refractivity contribution in [3.05, 3.63) is 62.7 Å². The van der Waals surface area contributed by atoms with Crippen LogP contribution in [0.15, 0.2) is 52.4 Å². The Balaban J connectivity index is 1.21. The molecule has 5 rings (SSSR count). The molecule has 176 valence electrons. The van der Waals surface area contributed by atoms with E-state index in [1.54, 1.807) is 0 Å². The summed E-state index contributed by atoms with van der Waals surface area (Å²) < 4.78 is 1.92. The van der Waals surface area contributed by atoms with Gasteiger partial charge in [0, 0.05) is 0 Å². The zero-order chi connectivity index (χ0) is 22.8. The van der Waals surface area contributed by atoms with E-state index in [0.29, 0.717) is 16.1 Å². The Bertz CT molecular complexity index is 978. The fourth-order valence-electron chi connectivity index (χ4n) is 5.86. The van der Waals surface area contributed by atoms with E-state index in [2.05, 4.69) is 71.2 Å². The van der Waals surface area contributed by atoms with Crippen LogP contribution in [0.4, 0.5) is 5.69 Å². The van der Waals surface area contributed by atoms with Crippen molar-refractivity contribution in [1.29, 1.82) is 0 Å². The molecule has 2 saturated carbocycles. The molecule has 3 fully saturated rings. The van der Waals surface area contributed by atoms with Crippen LogP contribution in [-0.4, -0.2) is 36.1 Å². The van der Waals surface area contributed by atoms with Gasteiger partial charge >= 0.3 is 203 Å². The number of benzene rings is 2. The molecular formula is C28H36IN4-. The number of nitrogens with two attached hydrogens (primary N) is 1. The van der Waals surface area contributed by atoms with Crippen molar-refractivity contribution < 1.29 is 21.2 Å². The first-order chi connectivity index (χ1) is 16.1. The second kappa shape index (κ2) is 10.3. The Morgan fingerprint density at radius 2 is 1.70 bits per heavy atom. The molecule has 0 aromatic heterocycles. The number of rotatable bonds is 9. The molecule has 1 heterocycles. The van der Waals surface area contributed by atoms with E-state index < -0.39 is 0 Å². The summed E-state index contributed by atoms with van der Waals surface area (Å²) in [5.74, 6) is 3.06. The molecule has 3 aliphatic rings. The van der Waals surface area contributed by atoms with Gasteiger partial charge in [0.1, 0.15) is 0 Å². The topological polar surface area (TPSA) is 62.8 Å². The standard InChI is InChI=1S/C28H36IN4/c1-31-17-26-15-25(32-2)16-28(33-26)29-24-7-8-27(30)23(14-24)10-19-5-3-18(4-6-19)9-20-11-21-13-22(21)12-20/h3-8,14,20-22,25-26,28,33H,1-2,9-13,15-17,30H2/q-1/t20?,21-,22?,25-,26-,28?/m0/s1. The van der Waals surface area contributed by atoms with Crippen LogP contribution in [0.3, 0.4) is 0 Å². The third-order valence-electron chi connectivity index (χ3n) is 7.71. The van der Waals surface area contributed by atoms with E-state index >= 15 is 0 Å². The van der Waals surface area contributed by atoms with Crippen molar-refractivity contribution in [1.82, 2.24) is 5.32 Å². The first kappa shape index (κ1) is 23.0. The fraction of sp³-hybridized carbons (Fsp3) is 0.500. The number of hydrogen-bond donors (Lipinski definition) is 2. The molecule has 3 N–H and O–H groups in total. The van der Waals surface area contributed by atoms with Crippen LogP contribution >= 0.6 is 0 Å². The summed E-state index contributed by atoms with van der Waals surface area (Å²) in [5.41, 5.74) is 11.4. The van der Waals surface area contributed by atoms with Crippen molar-refractivity contribution in [2.24, 2.45) is 27.7 Å². The number of nitrogens with one attached hydrogen (secondary N) is 1. The van der Waals surface area contributed by atoms with Gasteiger partial charge in [-0.1, -0.05) is 0 Å². The second-order valence-corrected chi connectivity index (χ2v) is 13.7. The molecule has 0 bridgehead atoms. The normalized spacial score (nSPS) is 30.7. The number of nitrogen functional groups attached to an aromatic ring is 1. The molecule has 5 heteroatoms. The van der Waals surface area contributed by atoms with Gasteiger partial charge in [-0.2, -0.15) is 0 Å². The maximum atomic E-state index is 6.39. The van der Waals surface area contributed by atoms with E-state index in [9.17, 15) is 0 Å². The number of aliphatic imine (C=N–C) groups is 2. The molecular weight excluding hydrogens is 519 g/mol. The molecule has 1 saturated heterocycles. The number of halogens is 1. The van der Waals surface area contributed by atoms with E-state index in [1.807, 2.05) is 0 Å². The van der Waals surface area contributed by atoms with Gasteiger partial charge in [-0.05, 0) is 6.42 Å². The van der Waals surface area contributed by atoms with E-state index in [1.165, 1.54) is 45.9 Å². The fourth-order valence-corrected chi connectivity index (χ4v) is 9.20. The number of fused-ring (bicyclic) bond motifs is 1. The van der Waals surface area contributed by atoms with Crippen LogP contribution in [0.1, 0.15) is 48.8 Å². The quantitative estimate of drug-likeness (QED) is 0.162. The minimum absolute atomic E-state index is 0.203. The van der Waals surface area contributed by atoms with Gasteiger partial charge in [-0.25, -0.2) is 0 Å². The van der Waals surface area contributed by atoms with Crippen LogP contribution < -0.4 is 32.3 Å². The van der Waals surface area contributed by atoms with Gasteiger partial charge in [0.05, 0.1) is 0 Å². The van der Waals surface area contributed by atoms with Crippen LogP contribution in [0.2, 0.25) is 0 Å². The van der Waals surface area contributed by atoms with Gasteiger partial charge in [0.15, 0.2) is 0 Å². The van der Waals surface area contributed by atoms with Crippen LogP contribution in [-0.2, 0) is 12.8 Å². The van der Waals surface area contributed by atoms with Gasteiger partial charge < -0.3 is 0 Å². The Morgan fingerprint density at radius 1 is 0.939 bits per heavy atom. The van der Waals surface area contributed by atoms with Crippen molar-refractivity contribution in [3.63, 3.8) is 0 Å². The number of alkyl halides is 1. The molecule has 33 heavy (non-hydrogen) atoms. The van der Waals surface area contributed by atoms with Gasteiger partial charge in [0.25, 0.3) is 0 Å². The summed E-state index contributed by atoms with van der Waals surface area (Å²) in [7, 11) is 0. The predicted molar refractivity (Wildman–Crippen MR) is 135 cm³/mol. The summed E-state index contributed by atoms with van der Waals surface area (Å²) in [6, 6.07) is 16.6. The number of nitrogens with zero attached hydrogens (tertiary/aromatic N) is 2. The summed E-state index contributed by atoms with van der Waals surface area (Å²) in [6.07, 6.45) is 8.66. The van der Waals surface area contributed by atoms with E-state index in [-0.39, 0.29) is 21.2 Å². The molecule has 3 unspecified atom stereocenters. The molecule has 1 aliphatic heterocycles. The molecule has 6 atom stereocenters. The van der Waals surface area contributed by atoms with Gasteiger partial charge in [-0.15, -0.1) is 0 Å². The minimum atomic E-state index is -0.203. The summed E-state index contributed by atoms with van der Waals surface area (Å²) in [6.45, 7) is 8.22. The molecule has 2 aliphatic carbocycles. The number of piperidine rings is 1. The second-order valence-electron chi connectivity index (χ2n) is 10.3. The predicted octanol–water partition coefficient (Wildman–Crippen LogP) is 1.55. The first-order valence-corrected chi connectivity index (χ1v) is 14.7. The summed E-state index contributed by atoms with van der Waals surface area (Å²) >= 11 is -0.203. The summed E-state index contributed by atoms with van der Waals surface area (Å²) in [5, 5.41) is 3.79. The van der Waals surface area contributed by atoms with Crippen molar-refractivity contribution in [2.75, 3.05) is 12.3 Å². The van der Waals surface area contributed by atoms with E-state index in [0.717, 1.165) is 49.2 Å². The van der Waals surface area contributed by atoms with Gasteiger partial charge in [0.2, 0.25) is 0 Å².